The lowest BCUT2D eigenvalue weighted by Gasteiger charge is -2.14. The Morgan fingerprint density at radius 1 is 1.12 bits per heavy atom. The van der Waals surface area contributed by atoms with Crippen molar-refractivity contribution in [2.75, 3.05) is 14.2 Å². The first-order valence-corrected chi connectivity index (χ1v) is 9.18. The van der Waals surface area contributed by atoms with Crippen molar-refractivity contribution in [3.05, 3.63) is 52.0 Å². The van der Waals surface area contributed by atoms with E-state index in [2.05, 4.69) is 5.32 Å². The van der Waals surface area contributed by atoms with E-state index in [1.165, 1.54) is 11.8 Å². The SMILES string of the molecule is COc1ccc(SC(C)C(=O)NCc2ccc(Cl)cc2Cl)cc1OC. The van der Waals surface area contributed by atoms with Gasteiger partial charge >= 0.3 is 0 Å². The Labute approximate surface area is 161 Å². The van der Waals surface area contributed by atoms with Crippen molar-refractivity contribution in [1.82, 2.24) is 5.32 Å². The van der Waals surface area contributed by atoms with Crippen molar-refractivity contribution in [1.29, 1.82) is 0 Å². The van der Waals surface area contributed by atoms with Gasteiger partial charge in [-0.1, -0.05) is 29.3 Å². The Morgan fingerprint density at radius 3 is 2.48 bits per heavy atom. The topological polar surface area (TPSA) is 47.6 Å². The van der Waals surface area contributed by atoms with Gasteiger partial charge in [0, 0.05) is 21.5 Å². The number of amides is 1. The summed E-state index contributed by atoms with van der Waals surface area (Å²) >= 11 is 13.4. The van der Waals surface area contributed by atoms with Crippen molar-refractivity contribution >= 4 is 40.9 Å². The van der Waals surface area contributed by atoms with Crippen LogP contribution in [0.3, 0.4) is 0 Å². The van der Waals surface area contributed by atoms with Gasteiger partial charge in [0.2, 0.25) is 5.91 Å². The van der Waals surface area contributed by atoms with E-state index in [1.807, 2.05) is 25.1 Å². The Hall–Kier alpha value is -1.56. The lowest BCUT2D eigenvalue weighted by Crippen LogP contribution is -2.30. The second-order valence-electron chi connectivity index (χ2n) is 5.23. The van der Waals surface area contributed by atoms with Crippen LogP contribution in [0.2, 0.25) is 10.0 Å². The summed E-state index contributed by atoms with van der Waals surface area (Å²) in [5, 5.41) is 3.72. The Bertz CT molecular complexity index is 755. The van der Waals surface area contributed by atoms with Crippen LogP contribution in [0.4, 0.5) is 0 Å². The molecule has 7 heteroatoms. The molecule has 0 aliphatic heterocycles. The van der Waals surface area contributed by atoms with Gasteiger partial charge in [0.25, 0.3) is 0 Å². The van der Waals surface area contributed by atoms with Crippen LogP contribution in [0.5, 0.6) is 11.5 Å². The van der Waals surface area contributed by atoms with E-state index in [0.29, 0.717) is 28.1 Å². The van der Waals surface area contributed by atoms with Gasteiger partial charge in [-0.3, -0.25) is 4.79 Å². The molecule has 0 aromatic heterocycles. The first kappa shape index (κ1) is 19.8. The molecule has 1 N–H and O–H groups in total. The van der Waals surface area contributed by atoms with Gasteiger partial charge in [0.1, 0.15) is 0 Å². The van der Waals surface area contributed by atoms with Crippen molar-refractivity contribution in [3.63, 3.8) is 0 Å². The van der Waals surface area contributed by atoms with Gasteiger partial charge in [-0.15, -0.1) is 11.8 Å². The summed E-state index contributed by atoms with van der Waals surface area (Å²) in [6.07, 6.45) is 0. The molecule has 0 bridgehead atoms. The summed E-state index contributed by atoms with van der Waals surface area (Å²) in [6, 6.07) is 10.8. The Kier molecular flexibility index (Phi) is 7.29. The molecule has 2 aromatic carbocycles. The molecule has 0 aliphatic rings. The van der Waals surface area contributed by atoms with E-state index in [1.54, 1.807) is 32.4 Å². The largest absolute Gasteiger partial charge is 0.493 e. The molecule has 0 heterocycles. The number of carbonyl (C=O) groups is 1. The number of methoxy groups -OCH3 is 2. The van der Waals surface area contributed by atoms with E-state index in [9.17, 15) is 4.79 Å². The fraction of sp³-hybridized carbons (Fsp3) is 0.278. The maximum absolute atomic E-state index is 12.3. The molecule has 0 fully saturated rings. The summed E-state index contributed by atoms with van der Waals surface area (Å²) in [4.78, 5) is 13.2. The molecular weight excluding hydrogens is 381 g/mol. The van der Waals surface area contributed by atoms with Gasteiger partial charge in [0.05, 0.1) is 19.5 Å². The third-order valence-corrected chi connectivity index (χ3v) is 5.19. The van der Waals surface area contributed by atoms with Crippen LogP contribution in [-0.2, 0) is 11.3 Å². The smallest absolute Gasteiger partial charge is 0.233 e. The number of rotatable bonds is 7. The van der Waals surface area contributed by atoms with E-state index >= 15 is 0 Å². The zero-order chi connectivity index (χ0) is 18.4. The molecular formula is C18H19Cl2NO3S. The second-order valence-corrected chi connectivity index (χ2v) is 7.49. The fourth-order valence-corrected chi connectivity index (χ4v) is 3.53. The van der Waals surface area contributed by atoms with Gasteiger partial charge in [-0.25, -0.2) is 0 Å². The molecule has 0 saturated carbocycles. The number of hydrogen-bond acceptors (Lipinski definition) is 4. The molecule has 0 saturated heterocycles. The first-order chi connectivity index (χ1) is 11.9. The van der Waals surface area contributed by atoms with Gasteiger partial charge < -0.3 is 14.8 Å². The molecule has 4 nitrogen and oxygen atoms in total. The summed E-state index contributed by atoms with van der Waals surface area (Å²) in [5.74, 6) is 1.21. The maximum Gasteiger partial charge on any atom is 0.233 e. The highest BCUT2D eigenvalue weighted by atomic mass is 35.5. The van der Waals surface area contributed by atoms with Crippen LogP contribution in [0.25, 0.3) is 0 Å². The van der Waals surface area contributed by atoms with E-state index in [-0.39, 0.29) is 11.2 Å². The summed E-state index contributed by atoms with van der Waals surface area (Å²) in [5.41, 5.74) is 0.822. The van der Waals surface area contributed by atoms with Crippen LogP contribution in [-0.4, -0.2) is 25.4 Å². The number of hydrogen-bond donors (Lipinski definition) is 1. The summed E-state index contributed by atoms with van der Waals surface area (Å²) < 4.78 is 10.5. The zero-order valence-electron chi connectivity index (χ0n) is 14.1. The molecule has 0 aliphatic carbocycles. The predicted octanol–water partition coefficient (Wildman–Crippen LogP) is 4.81. The van der Waals surface area contributed by atoms with Gasteiger partial charge in [-0.2, -0.15) is 0 Å². The molecule has 2 rings (SSSR count). The monoisotopic (exact) mass is 399 g/mol. The molecule has 1 unspecified atom stereocenters. The summed E-state index contributed by atoms with van der Waals surface area (Å²) in [7, 11) is 3.17. The number of ether oxygens (including phenoxy) is 2. The normalized spacial score (nSPS) is 11.7. The average Bonchev–Trinajstić information content (AvgIpc) is 2.60. The molecule has 0 radical (unpaired) electrons. The zero-order valence-corrected chi connectivity index (χ0v) is 16.5. The predicted molar refractivity (Wildman–Crippen MR) is 103 cm³/mol. The molecule has 1 atom stereocenters. The number of halogens is 2. The van der Waals surface area contributed by atoms with Crippen LogP contribution < -0.4 is 14.8 Å². The third-order valence-electron chi connectivity index (χ3n) is 3.51. The van der Waals surface area contributed by atoms with Crippen molar-refractivity contribution in [3.8, 4) is 11.5 Å². The average molecular weight is 400 g/mol. The molecule has 0 spiro atoms. The Balaban J connectivity index is 1.96. The molecule has 134 valence electrons. The van der Waals surface area contributed by atoms with Crippen molar-refractivity contribution in [2.45, 2.75) is 23.6 Å². The maximum atomic E-state index is 12.3. The minimum absolute atomic E-state index is 0.0780. The molecule has 1 amide bonds. The number of nitrogens with one attached hydrogen (secondary N) is 1. The van der Waals surface area contributed by atoms with Gasteiger partial charge in [-0.05, 0) is 42.8 Å². The number of thioether (sulfide) groups is 1. The van der Waals surface area contributed by atoms with Gasteiger partial charge in [0.15, 0.2) is 11.5 Å². The fourth-order valence-electron chi connectivity index (χ4n) is 2.14. The number of carbonyl (C=O) groups excluding carboxylic acids is 1. The van der Waals surface area contributed by atoms with Crippen molar-refractivity contribution in [2.24, 2.45) is 0 Å². The lowest BCUT2D eigenvalue weighted by molar-refractivity contribution is -0.120. The standard InChI is InChI=1S/C18H19Cl2NO3S/c1-11(25-14-6-7-16(23-2)17(9-14)24-3)18(22)21-10-12-4-5-13(19)8-15(12)20/h4-9,11H,10H2,1-3H3,(H,21,22). The second kappa shape index (κ2) is 9.22. The van der Waals surface area contributed by atoms with E-state index in [0.717, 1.165) is 10.5 Å². The highest BCUT2D eigenvalue weighted by molar-refractivity contribution is 8.00. The highest BCUT2D eigenvalue weighted by Gasteiger charge is 2.16. The Morgan fingerprint density at radius 2 is 1.84 bits per heavy atom. The number of benzene rings is 2. The van der Waals surface area contributed by atoms with Crippen LogP contribution in [0.15, 0.2) is 41.3 Å². The van der Waals surface area contributed by atoms with Crippen LogP contribution in [0, 0.1) is 0 Å². The van der Waals surface area contributed by atoms with Crippen LogP contribution >= 0.6 is 35.0 Å². The quantitative estimate of drug-likeness (QED) is 0.678. The summed E-state index contributed by atoms with van der Waals surface area (Å²) in [6.45, 7) is 2.20. The van der Waals surface area contributed by atoms with E-state index in [4.69, 9.17) is 32.7 Å². The van der Waals surface area contributed by atoms with Crippen molar-refractivity contribution < 1.29 is 14.3 Å². The minimum atomic E-state index is -0.274. The molecule has 2 aromatic rings. The molecule has 25 heavy (non-hydrogen) atoms. The lowest BCUT2D eigenvalue weighted by atomic mass is 10.2. The first-order valence-electron chi connectivity index (χ1n) is 7.55. The third kappa shape index (κ3) is 5.46. The van der Waals surface area contributed by atoms with Crippen LogP contribution in [0.1, 0.15) is 12.5 Å². The highest BCUT2D eigenvalue weighted by Crippen LogP contribution is 2.33. The minimum Gasteiger partial charge on any atom is -0.493 e. The van der Waals surface area contributed by atoms with E-state index < -0.39 is 0 Å².